The number of benzene rings is 2. The molecule has 0 heterocycles. The summed E-state index contributed by atoms with van der Waals surface area (Å²) in [5.41, 5.74) is 1.92. The molecule has 0 spiro atoms. The first-order valence-corrected chi connectivity index (χ1v) is 9.42. The predicted molar refractivity (Wildman–Crippen MR) is 103 cm³/mol. The van der Waals surface area contributed by atoms with Gasteiger partial charge in [0.2, 0.25) is 0 Å². The first-order valence-electron chi connectivity index (χ1n) is 9.04. The maximum absolute atomic E-state index is 10.0. The lowest BCUT2D eigenvalue weighted by atomic mass is 9.73. The molecule has 0 bridgehead atoms. The van der Waals surface area contributed by atoms with E-state index in [1.807, 2.05) is 30.3 Å². The molecular weight excluding hydrogens is 328 g/mol. The van der Waals surface area contributed by atoms with Crippen molar-refractivity contribution in [2.75, 3.05) is 13.6 Å². The molecule has 0 N–H and O–H groups in total. The molecule has 0 amide bonds. The topological polar surface area (TPSA) is 27.0 Å². The van der Waals surface area contributed by atoms with Crippen molar-refractivity contribution in [1.29, 1.82) is 5.26 Å². The zero-order chi connectivity index (χ0) is 17.7. The van der Waals surface area contributed by atoms with Crippen molar-refractivity contribution in [3.8, 4) is 6.07 Å². The van der Waals surface area contributed by atoms with Crippen LogP contribution in [-0.4, -0.2) is 18.5 Å². The molecule has 2 aromatic rings. The molecule has 1 aliphatic carbocycles. The van der Waals surface area contributed by atoms with Gasteiger partial charge in [0, 0.05) is 11.6 Å². The van der Waals surface area contributed by atoms with Crippen LogP contribution in [0.25, 0.3) is 0 Å². The summed E-state index contributed by atoms with van der Waals surface area (Å²) in [6.07, 6.45) is 4.15. The number of rotatable bonds is 8. The second kappa shape index (κ2) is 8.04. The van der Waals surface area contributed by atoms with Gasteiger partial charge >= 0.3 is 0 Å². The number of hydrogen-bond acceptors (Lipinski definition) is 2. The van der Waals surface area contributed by atoms with Crippen LogP contribution in [-0.2, 0) is 12.0 Å². The molecule has 2 nitrogen and oxygen atoms in total. The predicted octanol–water partition coefficient (Wildman–Crippen LogP) is 5.42. The Bertz CT molecular complexity index is 733. The van der Waals surface area contributed by atoms with Crippen molar-refractivity contribution >= 4 is 11.6 Å². The number of halogens is 1. The van der Waals surface area contributed by atoms with E-state index < -0.39 is 5.41 Å². The van der Waals surface area contributed by atoms with Crippen molar-refractivity contribution in [2.24, 2.45) is 5.92 Å². The molecule has 0 radical (unpaired) electrons. The Morgan fingerprint density at radius 3 is 2.44 bits per heavy atom. The summed E-state index contributed by atoms with van der Waals surface area (Å²) in [4.78, 5) is 2.33. The van der Waals surface area contributed by atoms with Crippen LogP contribution in [0.2, 0.25) is 5.02 Å². The molecule has 3 rings (SSSR count). The zero-order valence-electron chi connectivity index (χ0n) is 14.8. The minimum atomic E-state index is -0.425. The maximum atomic E-state index is 10.0. The molecule has 25 heavy (non-hydrogen) atoms. The van der Waals surface area contributed by atoms with Crippen LogP contribution in [0, 0.1) is 17.2 Å². The molecule has 0 saturated heterocycles. The van der Waals surface area contributed by atoms with E-state index in [0.29, 0.717) is 5.92 Å². The van der Waals surface area contributed by atoms with Crippen molar-refractivity contribution in [3.05, 3.63) is 70.7 Å². The normalized spacial score (nSPS) is 16.4. The lowest BCUT2D eigenvalue weighted by Crippen LogP contribution is -2.29. The van der Waals surface area contributed by atoms with Crippen molar-refractivity contribution in [2.45, 2.75) is 37.6 Å². The van der Waals surface area contributed by atoms with Gasteiger partial charge in [0.25, 0.3) is 0 Å². The van der Waals surface area contributed by atoms with Crippen molar-refractivity contribution in [1.82, 2.24) is 4.90 Å². The summed E-state index contributed by atoms with van der Waals surface area (Å²) < 4.78 is 0. The largest absolute Gasteiger partial charge is 0.302 e. The van der Waals surface area contributed by atoms with Crippen LogP contribution in [0.4, 0.5) is 0 Å². The SMILES string of the molecule is CN(CCCC(C#N)(c1ccccc1Cl)C1CC1)Cc1ccccc1. The molecule has 2 aromatic carbocycles. The van der Waals surface area contributed by atoms with Gasteiger partial charge in [-0.15, -0.1) is 0 Å². The van der Waals surface area contributed by atoms with Gasteiger partial charge in [0.15, 0.2) is 0 Å². The van der Waals surface area contributed by atoms with E-state index >= 15 is 0 Å². The van der Waals surface area contributed by atoms with Gasteiger partial charge in [-0.25, -0.2) is 0 Å². The Balaban J connectivity index is 1.64. The molecular formula is C22H25ClN2. The van der Waals surface area contributed by atoms with E-state index in [1.54, 1.807) is 0 Å². The quantitative estimate of drug-likeness (QED) is 0.634. The fourth-order valence-electron chi connectivity index (χ4n) is 3.77. The summed E-state index contributed by atoms with van der Waals surface area (Å²) in [6, 6.07) is 21.1. The first-order chi connectivity index (χ1) is 12.2. The highest BCUT2D eigenvalue weighted by Crippen LogP contribution is 2.51. The lowest BCUT2D eigenvalue weighted by molar-refractivity contribution is 0.299. The lowest BCUT2D eigenvalue weighted by Gasteiger charge is -2.29. The summed E-state index contributed by atoms with van der Waals surface area (Å²) in [5.74, 6) is 0.455. The van der Waals surface area contributed by atoms with Crippen LogP contribution in [0.15, 0.2) is 54.6 Å². The second-order valence-corrected chi connectivity index (χ2v) is 7.57. The Morgan fingerprint density at radius 1 is 1.12 bits per heavy atom. The van der Waals surface area contributed by atoms with Crippen LogP contribution >= 0.6 is 11.6 Å². The zero-order valence-corrected chi connectivity index (χ0v) is 15.5. The Kier molecular flexibility index (Phi) is 5.78. The van der Waals surface area contributed by atoms with Gasteiger partial charge in [-0.1, -0.05) is 60.1 Å². The molecule has 1 saturated carbocycles. The van der Waals surface area contributed by atoms with Gasteiger partial charge in [-0.2, -0.15) is 5.26 Å². The molecule has 0 aromatic heterocycles. The van der Waals surface area contributed by atoms with E-state index in [0.717, 1.165) is 49.4 Å². The van der Waals surface area contributed by atoms with E-state index in [1.165, 1.54) is 5.56 Å². The molecule has 1 fully saturated rings. The molecule has 0 aliphatic heterocycles. The minimum Gasteiger partial charge on any atom is -0.302 e. The van der Waals surface area contributed by atoms with Gasteiger partial charge in [0.05, 0.1) is 11.5 Å². The maximum Gasteiger partial charge on any atom is 0.0865 e. The molecule has 1 unspecified atom stereocenters. The van der Waals surface area contributed by atoms with E-state index in [4.69, 9.17) is 11.6 Å². The Hall–Kier alpha value is -1.82. The summed E-state index contributed by atoms with van der Waals surface area (Å²) in [7, 11) is 2.15. The monoisotopic (exact) mass is 352 g/mol. The third kappa shape index (κ3) is 4.24. The highest BCUT2D eigenvalue weighted by Gasteiger charge is 2.47. The average Bonchev–Trinajstić information content (AvgIpc) is 3.46. The smallest absolute Gasteiger partial charge is 0.0865 e. The van der Waals surface area contributed by atoms with E-state index in [9.17, 15) is 5.26 Å². The summed E-state index contributed by atoms with van der Waals surface area (Å²) >= 11 is 6.45. The van der Waals surface area contributed by atoms with Crippen LogP contribution in [0.5, 0.6) is 0 Å². The first kappa shape index (κ1) is 18.0. The Morgan fingerprint density at radius 2 is 1.80 bits per heavy atom. The third-order valence-electron chi connectivity index (χ3n) is 5.23. The van der Waals surface area contributed by atoms with Gasteiger partial charge in [-0.05, 0) is 62.4 Å². The van der Waals surface area contributed by atoms with E-state index in [-0.39, 0.29) is 0 Å². The van der Waals surface area contributed by atoms with Gasteiger partial charge < -0.3 is 4.90 Å². The van der Waals surface area contributed by atoms with Crippen LogP contribution < -0.4 is 0 Å². The number of nitriles is 1. The van der Waals surface area contributed by atoms with E-state index in [2.05, 4.69) is 42.3 Å². The highest BCUT2D eigenvalue weighted by atomic mass is 35.5. The Labute approximate surface area is 156 Å². The number of hydrogen-bond donors (Lipinski definition) is 0. The fourth-order valence-corrected chi connectivity index (χ4v) is 4.07. The molecule has 130 valence electrons. The van der Waals surface area contributed by atoms with Gasteiger partial charge in [-0.3, -0.25) is 0 Å². The molecule has 1 atom stereocenters. The average molecular weight is 353 g/mol. The summed E-state index contributed by atoms with van der Waals surface area (Å²) in [6.45, 7) is 1.92. The van der Waals surface area contributed by atoms with Crippen molar-refractivity contribution < 1.29 is 0 Å². The minimum absolute atomic E-state index is 0.425. The highest BCUT2D eigenvalue weighted by molar-refractivity contribution is 6.31. The fraction of sp³-hybridized carbons (Fsp3) is 0.409. The number of nitrogens with zero attached hydrogens (tertiary/aromatic N) is 2. The second-order valence-electron chi connectivity index (χ2n) is 7.16. The molecule has 3 heteroatoms. The van der Waals surface area contributed by atoms with Crippen molar-refractivity contribution in [3.63, 3.8) is 0 Å². The standard InChI is InChI=1S/C22H25ClN2/c1-25(16-18-8-3-2-4-9-18)15-7-14-22(17-24,19-12-13-19)20-10-5-6-11-21(20)23/h2-6,8-11,19H,7,12-16H2,1H3. The van der Waals surface area contributed by atoms with Crippen LogP contribution in [0.1, 0.15) is 36.8 Å². The summed E-state index contributed by atoms with van der Waals surface area (Å²) in [5, 5.41) is 10.8. The third-order valence-corrected chi connectivity index (χ3v) is 5.56. The molecule has 1 aliphatic rings. The van der Waals surface area contributed by atoms with Crippen LogP contribution in [0.3, 0.4) is 0 Å². The van der Waals surface area contributed by atoms with Gasteiger partial charge in [0.1, 0.15) is 0 Å².